The van der Waals surface area contributed by atoms with E-state index in [1.54, 1.807) is 7.11 Å². The molecule has 17 heavy (non-hydrogen) atoms. The van der Waals surface area contributed by atoms with Crippen molar-refractivity contribution in [3.05, 3.63) is 23.8 Å². The van der Waals surface area contributed by atoms with E-state index in [-0.39, 0.29) is 0 Å². The van der Waals surface area contributed by atoms with Crippen molar-refractivity contribution >= 4 is 0 Å². The molecule has 3 nitrogen and oxygen atoms in total. The van der Waals surface area contributed by atoms with Crippen molar-refractivity contribution < 1.29 is 9.47 Å². The molecule has 1 rings (SSSR count). The summed E-state index contributed by atoms with van der Waals surface area (Å²) in [6.07, 6.45) is 4.29. The van der Waals surface area contributed by atoms with E-state index in [4.69, 9.17) is 15.2 Å². The van der Waals surface area contributed by atoms with E-state index in [0.717, 1.165) is 36.5 Å². The minimum absolute atomic E-state index is 0.623. The standard InChI is InChI=1S/C14H23NO2/c1-3-4-5-11-17-14-12(9-10-15)7-6-8-13(14)16-2/h6-8H,3-5,9-11,15H2,1-2H3. The van der Waals surface area contributed by atoms with Crippen molar-refractivity contribution in [1.82, 2.24) is 0 Å². The van der Waals surface area contributed by atoms with Crippen LogP contribution < -0.4 is 15.2 Å². The van der Waals surface area contributed by atoms with Crippen molar-refractivity contribution in [3.63, 3.8) is 0 Å². The van der Waals surface area contributed by atoms with Gasteiger partial charge in [-0.15, -0.1) is 0 Å². The number of ether oxygens (including phenoxy) is 2. The Morgan fingerprint density at radius 3 is 2.71 bits per heavy atom. The molecule has 0 heterocycles. The number of methoxy groups -OCH3 is 1. The lowest BCUT2D eigenvalue weighted by atomic mass is 10.1. The first-order valence-electron chi connectivity index (χ1n) is 6.32. The lowest BCUT2D eigenvalue weighted by Crippen LogP contribution is -2.07. The highest BCUT2D eigenvalue weighted by Crippen LogP contribution is 2.31. The molecule has 0 spiro atoms. The minimum Gasteiger partial charge on any atom is -0.493 e. The predicted molar refractivity (Wildman–Crippen MR) is 70.8 cm³/mol. The fourth-order valence-corrected chi connectivity index (χ4v) is 1.76. The van der Waals surface area contributed by atoms with E-state index in [0.29, 0.717) is 6.54 Å². The van der Waals surface area contributed by atoms with E-state index >= 15 is 0 Å². The lowest BCUT2D eigenvalue weighted by molar-refractivity contribution is 0.283. The highest BCUT2D eigenvalue weighted by atomic mass is 16.5. The Kier molecular flexibility index (Phi) is 6.48. The van der Waals surface area contributed by atoms with Crippen molar-refractivity contribution in [2.75, 3.05) is 20.3 Å². The lowest BCUT2D eigenvalue weighted by Gasteiger charge is -2.14. The van der Waals surface area contributed by atoms with Crippen molar-refractivity contribution in [3.8, 4) is 11.5 Å². The van der Waals surface area contributed by atoms with Crippen LogP contribution in [0.25, 0.3) is 0 Å². The third-order valence-corrected chi connectivity index (χ3v) is 2.69. The summed E-state index contributed by atoms with van der Waals surface area (Å²) in [7, 11) is 1.67. The first-order chi connectivity index (χ1) is 8.33. The number of hydrogen-bond donors (Lipinski definition) is 1. The Morgan fingerprint density at radius 2 is 2.06 bits per heavy atom. The van der Waals surface area contributed by atoms with Crippen LogP contribution in [0.1, 0.15) is 31.7 Å². The second kappa shape index (κ2) is 7.96. The summed E-state index contributed by atoms with van der Waals surface area (Å²) in [5.41, 5.74) is 6.73. The first kappa shape index (κ1) is 13.8. The van der Waals surface area contributed by atoms with Gasteiger partial charge in [-0.2, -0.15) is 0 Å². The maximum absolute atomic E-state index is 5.83. The van der Waals surface area contributed by atoms with Crippen LogP contribution in [-0.2, 0) is 6.42 Å². The summed E-state index contributed by atoms with van der Waals surface area (Å²) in [5.74, 6) is 1.66. The Balaban J connectivity index is 2.70. The van der Waals surface area contributed by atoms with Crippen LogP contribution in [-0.4, -0.2) is 20.3 Å². The van der Waals surface area contributed by atoms with Crippen LogP contribution in [0.15, 0.2) is 18.2 Å². The molecule has 0 aliphatic carbocycles. The van der Waals surface area contributed by atoms with E-state index in [1.165, 1.54) is 12.8 Å². The maximum Gasteiger partial charge on any atom is 0.164 e. The SMILES string of the molecule is CCCCCOc1c(CCN)cccc1OC. The Morgan fingerprint density at radius 1 is 1.24 bits per heavy atom. The average Bonchev–Trinajstić information content (AvgIpc) is 2.36. The Hall–Kier alpha value is -1.22. The van der Waals surface area contributed by atoms with Gasteiger partial charge in [0.25, 0.3) is 0 Å². The van der Waals surface area contributed by atoms with Crippen molar-refractivity contribution in [2.24, 2.45) is 5.73 Å². The summed E-state index contributed by atoms with van der Waals surface area (Å²) in [4.78, 5) is 0. The van der Waals surface area contributed by atoms with E-state index in [1.807, 2.05) is 18.2 Å². The van der Waals surface area contributed by atoms with Crippen LogP contribution in [0.5, 0.6) is 11.5 Å². The molecule has 0 bridgehead atoms. The maximum atomic E-state index is 5.83. The largest absolute Gasteiger partial charge is 0.493 e. The molecule has 0 aliphatic heterocycles. The van der Waals surface area contributed by atoms with Gasteiger partial charge in [-0.05, 0) is 31.0 Å². The van der Waals surface area contributed by atoms with E-state index in [2.05, 4.69) is 6.92 Å². The number of unbranched alkanes of at least 4 members (excludes halogenated alkanes) is 2. The summed E-state index contributed by atoms with van der Waals surface area (Å²) in [5, 5.41) is 0. The molecule has 1 aromatic rings. The van der Waals surface area contributed by atoms with Crippen molar-refractivity contribution in [2.45, 2.75) is 32.6 Å². The van der Waals surface area contributed by atoms with Crippen molar-refractivity contribution in [1.29, 1.82) is 0 Å². The van der Waals surface area contributed by atoms with Crippen LogP contribution in [0.2, 0.25) is 0 Å². The Bertz CT molecular complexity index is 326. The van der Waals surface area contributed by atoms with E-state index < -0.39 is 0 Å². The molecular weight excluding hydrogens is 214 g/mol. The molecule has 0 fully saturated rings. The summed E-state index contributed by atoms with van der Waals surface area (Å²) in [6.45, 7) is 3.55. The van der Waals surface area contributed by atoms with Gasteiger partial charge in [0, 0.05) is 0 Å². The van der Waals surface area contributed by atoms with Gasteiger partial charge in [0.1, 0.15) is 0 Å². The summed E-state index contributed by atoms with van der Waals surface area (Å²) < 4.78 is 11.2. The molecule has 0 saturated heterocycles. The predicted octanol–water partition coefficient (Wildman–Crippen LogP) is 2.77. The smallest absolute Gasteiger partial charge is 0.164 e. The third kappa shape index (κ3) is 4.27. The summed E-state index contributed by atoms with van der Waals surface area (Å²) >= 11 is 0. The molecular formula is C14H23NO2. The van der Waals surface area contributed by atoms with Gasteiger partial charge in [0.15, 0.2) is 11.5 Å². The molecule has 0 atom stereocenters. The first-order valence-corrected chi connectivity index (χ1v) is 6.32. The van der Waals surface area contributed by atoms with Crippen LogP contribution in [0.4, 0.5) is 0 Å². The molecule has 1 aromatic carbocycles. The van der Waals surface area contributed by atoms with E-state index in [9.17, 15) is 0 Å². The molecule has 0 radical (unpaired) electrons. The zero-order valence-electron chi connectivity index (χ0n) is 10.9. The third-order valence-electron chi connectivity index (χ3n) is 2.69. The molecule has 0 saturated carbocycles. The fraction of sp³-hybridized carbons (Fsp3) is 0.571. The van der Waals surface area contributed by atoms with Gasteiger partial charge in [-0.25, -0.2) is 0 Å². The van der Waals surface area contributed by atoms with Gasteiger partial charge in [0.2, 0.25) is 0 Å². The molecule has 0 aromatic heterocycles. The monoisotopic (exact) mass is 237 g/mol. The quantitative estimate of drug-likeness (QED) is 0.707. The molecule has 0 amide bonds. The zero-order valence-corrected chi connectivity index (χ0v) is 10.9. The molecule has 2 N–H and O–H groups in total. The molecule has 0 aliphatic rings. The highest BCUT2D eigenvalue weighted by molar-refractivity contribution is 5.46. The van der Waals surface area contributed by atoms with Crippen LogP contribution in [0, 0.1) is 0 Å². The number of hydrogen-bond acceptors (Lipinski definition) is 3. The highest BCUT2D eigenvalue weighted by Gasteiger charge is 2.09. The van der Waals surface area contributed by atoms with Gasteiger partial charge < -0.3 is 15.2 Å². The van der Waals surface area contributed by atoms with Gasteiger partial charge in [0.05, 0.1) is 13.7 Å². The van der Waals surface area contributed by atoms with Gasteiger partial charge >= 0.3 is 0 Å². The topological polar surface area (TPSA) is 44.5 Å². The zero-order chi connectivity index (χ0) is 12.5. The summed E-state index contributed by atoms with van der Waals surface area (Å²) in [6, 6.07) is 5.95. The number of para-hydroxylation sites is 1. The number of rotatable bonds is 8. The second-order valence-corrected chi connectivity index (χ2v) is 4.04. The molecule has 96 valence electrons. The average molecular weight is 237 g/mol. The number of benzene rings is 1. The number of nitrogens with two attached hydrogens (primary N) is 1. The van der Waals surface area contributed by atoms with Gasteiger partial charge in [-0.1, -0.05) is 31.9 Å². The van der Waals surface area contributed by atoms with Crippen LogP contribution >= 0.6 is 0 Å². The molecule has 3 heteroatoms. The normalized spacial score (nSPS) is 10.3. The Labute approximate surface area is 104 Å². The minimum atomic E-state index is 0.623. The van der Waals surface area contributed by atoms with Crippen LogP contribution in [0.3, 0.4) is 0 Å². The van der Waals surface area contributed by atoms with Gasteiger partial charge in [-0.3, -0.25) is 0 Å². The fourth-order valence-electron chi connectivity index (χ4n) is 1.76. The second-order valence-electron chi connectivity index (χ2n) is 4.04. The molecule has 0 unspecified atom stereocenters.